The molecule has 0 saturated carbocycles. The van der Waals surface area contributed by atoms with Crippen LogP contribution < -0.4 is 0 Å². The van der Waals surface area contributed by atoms with Crippen molar-refractivity contribution in [2.24, 2.45) is 0 Å². The van der Waals surface area contributed by atoms with E-state index in [1.165, 1.54) is 17.9 Å². The van der Waals surface area contributed by atoms with Gasteiger partial charge in [0.05, 0.1) is 10.5 Å². The molecule has 0 fully saturated rings. The molecule has 0 aliphatic carbocycles. The molecule has 6 heteroatoms. The summed E-state index contributed by atoms with van der Waals surface area (Å²) in [7, 11) is 0. The van der Waals surface area contributed by atoms with Crippen LogP contribution in [0, 0.1) is 22.9 Å². The Bertz CT molecular complexity index is 591. The third-order valence-corrected chi connectivity index (χ3v) is 3.05. The number of hydrogen-bond acceptors (Lipinski definition) is 3. The second-order valence-corrected chi connectivity index (χ2v) is 5.76. The van der Waals surface area contributed by atoms with Crippen molar-refractivity contribution < 1.29 is 14.1 Å². The van der Waals surface area contributed by atoms with Crippen molar-refractivity contribution in [2.75, 3.05) is 6.54 Å². The molecule has 21 heavy (non-hydrogen) atoms. The lowest BCUT2D eigenvalue weighted by Crippen LogP contribution is -2.46. The van der Waals surface area contributed by atoms with Crippen LogP contribution in [-0.2, 0) is 0 Å². The van der Waals surface area contributed by atoms with Gasteiger partial charge < -0.3 is 4.90 Å². The van der Waals surface area contributed by atoms with Gasteiger partial charge in [0, 0.05) is 24.2 Å². The molecular formula is C15H19FN2O3. The van der Waals surface area contributed by atoms with E-state index in [1.807, 2.05) is 0 Å². The Labute approximate surface area is 123 Å². The van der Waals surface area contributed by atoms with E-state index in [4.69, 9.17) is 0 Å². The largest absolute Gasteiger partial charge is 0.330 e. The highest BCUT2D eigenvalue weighted by Crippen LogP contribution is 2.25. The molecule has 0 aliphatic heterocycles. The van der Waals surface area contributed by atoms with Crippen molar-refractivity contribution in [3.63, 3.8) is 0 Å². The number of benzene rings is 1. The van der Waals surface area contributed by atoms with Gasteiger partial charge in [-0.15, -0.1) is 6.58 Å². The third-order valence-electron chi connectivity index (χ3n) is 3.05. The maximum atomic E-state index is 14.2. The molecule has 0 aliphatic rings. The van der Waals surface area contributed by atoms with Crippen molar-refractivity contribution in [2.45, 2.75) is 33.2 Å². The zero-order valence-electron chi connectivity index (χ0n) is 12.6. The second kappa shape index (κ2) is 6.03. The van der Waals surface area contributed by atoms with Crippen molar-refractivity contribution in [1.82, 2.24) is 4.90 Å². The zero-order valence-corrected chi connectivity index (χ0v) is 12.6. The molecule has 0 bridgehead atoms. The Hall–Kier alpha value is -2.24. The Morgan fingerprint density at radius 1 is 1.48 bits per heavy atom. The number of non-ortho nitro benzene ring substituents is 1. The average Bonchev–Trinajstić information content (AvgIpc) is 2.36. The van der Waals surface area contributed by atoms with E-state index in [9.17, 15) is 19.3 Å². The minimum Gasteiger partial charge on any atom is -0.330 e. The van der Waals surface area contributed by atoms with Crippen LogP contribution in [0.15, 0.2) is 24.8 Å². The highest BCUT2D eigenvalue weighted by molar-refractivity contribution is 5.96. The van der Waals surface area contributed by atoms with Crippen LogP contribution >= 0.6 is 0 Å². The van der Waals surface area contributed by atoms with Crippen molar-refractivity contribution in [3.05, 3.63) is 51.8 Å². The molecule has 1 amide bonds. The number of rotatable bonds is 4. The van der Waals surface area contributed by atoms with Crippen LogP contribution in [0.3, 0.4) is 0 Å². The molecule has 0 N–H and O–H groups in total. The van der Waals surface area contributed by atoms with Crippen LogP contribution in [0.4, 0.5) is 10.1 Å². The summed E-state index contributed by atoms with van der Waals surface area (Å²) in [6, 6.07) is 2.09. The lowest BCUT2D eigenvalue weighted by Gasteiger charge is -2.35. The monoisotopic (exact) mass is 294 g/mol. The average molecular weight is 294 g/mol. The van der Waals surface area contributed by atoms with Crippen molar-refractivity contribution >= 4 is 11.6 Å². The Morgan fingerprint density at radius 3 is 2.48 bits per heavy atom. The van der Waals surface area contributed by atoms with Gasteiger partial charge in [0.25, 0.3) is 11.6 Å². The number of nitro groups is 1. The van der Waals surface area contributed by atoms with Gasteiger partial charge in [0.15, 0.2) is 0 Å². The Morgan fingerprint density at radius 2 is 2.05 bits per heavy atom. The first-order valence-corrected chi connectivity index (χ1v) is 6.47. The second-order valence-electron chi connectivity index (χ2n) is 5.76. The molecule has 1 rings (SSSR count). The molecule has 0 unspecified atom stereocenters. The number of nitrogens with zero attached hydrogens (tertiary/aromatic N) is 2. The number of amides is 1. The predicted octanol–water partition coefficient (Wildman–Crippen LogP) is 3.47. The minimum atomic E-state index is -0.732. The zero-order chi connectivity index (χ0) is 16.4. The number of aryl methyl sites for hydroxylation is 1. The first-order chi connectivity index (χ1) is 9.59. The van der Waals surface area contributed by atoms with E-state index < -0.39 is 22.2 Å². The molecule has 0 radical (unpaired) electrons. The number of nitro benzene ring substituents is 1. The highest BCUT2D eigenvalue weighted by atomic mass is 19.1. The van der Waals surface area contributed by atoms with Crippen molar-refractivity contribution in [3.8, 4) is 0 Å². The lowest BCUT2D eigenvalue weighted by molar-refractivity contribution is -0.385. The molecule has 0 aromatic heterocycles. The smallest absolute Gasteiger partial charge is 0.270 e. The molecule has 114 valence electrons. The van der Waals surface area contributed by atoms with E-state index in [-0.39, 0.29) is 23.4 Å². The number of carbonyl (C=O) groups excluding carboxylic acids is 1. The van der Waals surface area contributed by atoms with Crippen LogP contribution in [0.2, 0.25) is 0 Å². The summed E-state index contributed by atoms with van der Waals surface area (Å²) in [4.78, 5) is 24.2. The number of halogens is 1. The van der Waals surface area contributed by atoms with Crippen LogP contribution in [0.1, 0.15) is 36.7 Å². The number of hydrogen-bond donors (Lipinski definition) is 0. The Balaban J connectivity index is 3.40. The summed E-state index contributed by atoms with van der Waals surface area (Å²) in [5, 5.41) is 10.9. The maximum Gasteiger partial charge on any atom is 0.270 e. The first-order valence-electron chi connectivity index (χ1n) is 6.47. The highest BCUT2D eigenvalue weighted by Gasteiger charge is 2.30. The molecular weight excluding hydrogens is 275 g/mol. The molecule has 0 saturated heterocycles. The predicted molar refractivity (Wildman–Crippen MR) is 78.8 cm³/mol. The summed E-state index contributed by atoms with van der Waals surface area (Å²) in [5.41, 5.74) is -1.08. The normalized spacial score (nSPS) is 11.1. The molecule has 0 spiro atoms. The third kappa shape index (κ3) is 3.65. The van der Waals surface area contributed by atoms with Crippen LogP contribution in [-0.4, -0.2) is 27.8 Å². The first kappa shape index (κ1) is 16.8. The fraction of sp³-hybridized carbons (Fsp3) is 0.400. The van der Waals surface area contributed by atoms with Crippen LogP contribution in [0.5, 0.6) is 0 Å². The maximum absolute atomic E-state index is 14.2. The fourth-order valence-corrected chi connectivity index (χ4v) is 1.95. The lowest BCUT2D eigenvalue weighted by atomic mass is 10.0. The van der Waals surface area contributed by atoms with Gasteiger partial charge in [0.2, 0.25) is 0 Å². The molecule has 0 atom stereocenters. The summed E-state index contributed by atoms with van der Waals surface area (Å²) in [6.07, 6.45) is 1.53. The summed E-state index contributed by atoms with van der Waals surface area (Å²) >= 11 is 0. The molecule has 1 aromatic rings. The quantitative estimate of drug-likeness (QED) is 0.485. The number of carbonyl (C=O) groups is 1. The van der Waals surface area contributed by atoms with E-state index in [0.29, 0.717) is 0 Å². The van der Waals surface area contributed by atoms with E-state index >= 15 is 0 Å². The van der Waals surface area contributed by atoms with Gasteiger partial charge in [-0.25, -0.2) is 4.39 Å². The summed E-state index contributed by atoms with van der Waals surface area (Å²) in [5.74, 6) is -1.32. The molecule has 1 aromatic carbocycles. The van der Waals surface area contributed by atoms with E-state index in [0.717, 1.165) is 12.1 Å². The standard InChI is InChI=1S/C15H19FN2O3/c1-6-7-17(15(3,4)5)14(19)12-9-11(18(20)21)8-10(2)13(12)16/h6,8-9H,1,7H2,2-5H3. The summed E-state index contributed by atoms with van der Waals surface area (Å²) < 4.78 is 14.2. The SMILES string of the molecule is C=CCN(C(=O)c1cc([N+](=O)[O-])cc(C)c1F)C(C)(C)C. The topological polar surface area (TPSA) is 63.5 Å². The van der Waals surface area contributed by atoms with Gasteiger partial charge in [-0.3, -0.25) is 14.9 Å². The summed E-state index contributed by atoms with van der Waals surface area (Å²) in [6.45, 7) is 10.6. The van der Waals surface area contributed by atoms with E-state index in [2.05, 4.69) is 6.58 Å². The Kier molecular flexibility index (Phi) is 4.83. The van der Waals surface area contributed by atoms with Gasteiger partial charge in [-0.05, 0) is 33.3 Å². The van der Waals surface area contributed by atoms with Crippen molar-refractivity contribution in [1.29, 1.82) is 0 Å². The van der Waals surface area contributed by atoms with E-state index in [1.54, 1.807) is 20.8 Å². The van der Waals surface area contributed by atoms with Gasteiger partial charge in [0.1, 0.15) is 5.82 Å². The van der Waals surface area contributed by atoms with Crippen LogP contribution in [0.25, 0.3) is 0 Å². The fourth-order valence-electron chi connectivity index (χ4n) is 1.95. The van der Waals surface area contributed by atoms with Gasteiger partial charge in [-0.1, -0.05) is 6.08 Å². The minimum absolute atomic E-state index is 0.0695. The molecule has 5 nitrogen and oxygen atoms in total. The molecule has 0 heterocycles. The van der Waals surface area contributed by atoms with Gasteiger partial charge in [-0.2, -0.15) is 0 Å². The van der Waals surface area contributed by atoms with Gasteiger partial charge >= 0.3 is 0 Å².